The van der Waals surface area contributed by atoms with Gasteiger partial charge in [0.05, 0.1) is 31.3 Å². The second kappa shape index (κ2) is 19.7. The zero-order chi connectivity index (χ0) is 40.4. The number of carbonyl (C=O) groups is 4. The highest BCUT2D eigenvalue weighted by Crippen LogP contribution is 2.57. The van der Waals surface area contributed by atoms with Crippen molar-refractivity contribution in [1.29, 1.82) is 5.26 Å². The van der Waals surface area contributed by atoms with Gasteiger partial charge in [0, 0.05) is 64.4 Å². The number of amides is 3. The van der Waals surface area contributed by atoms with Gasteiger partial charge in [0.2, 0.25) is 11.8 Å². The molecule has 1 unspecified atom stereocenters. The molecule has 1 atom stereocenters. The number of carbonyl (C=O) groups excluding carboxylic acids is 4. The summed E-state index contributed by atoms with van der Waals surface area (Å²) in [7, 11) is -1.28. The van der Waals surface area contributed by atoms with Crippen LogP contribution in [0.4, 0.5) is 11.4 Å². The van der Waals surface area contributed by atoms with Crippen molar-refractivity contribution >= 4 is 66.8 Å². The minimum atomic E-state index is -1.51. The fourth-order valence-electron chi connectivity index (χ4n) is 6.75. The number of benzene rings is 3. The number of rotatable bonds is 19. The highest BCUT2D eigenvalue weighted by Gasteiger charge is 2.54. The molecule has 2 aliphatic rings. The van der Waals surface area contributed by atoms with Gasteiger partial charge in [-0.1, -0.05) is 12.8 Å². The first-order valence-corrected chi connectivity index (χ1v) is 20.7. The van der Waals surface area contributed by atoms with Crippen LogP contribution in [0.25, 0.3) is 0 Å². The van der Waals surface area contributed by atoms with E-state index in [1.165, 1.54) is 0 Å². The van der Waals surface area contributed by atoms with E-state index in [0.29, 0.717) is 59.8 Å². The number of nitrogens with zero attached hydrogens (tertiary/aromatic N) is 2. The first-order chi connectivity index (χ1) is 26.9. The van der Waals surface area contributed by atoms with E-state index in [-0.39, 0.29) is 46.8 Å². The number of hydrogen-bond donors (Lipinski definition) is 3. The summed E-state index contributed by atoms with van der Waals surface area (Å²) in [6.07, 6.45) is 3.66. The third kappa shape index (κ3) is 9.80. The lowest BCUT2D eigenvalue weighted by atomic mass is 9.77. The highest BCUT2D eigenvalue weighted by atomic mass is 35.5. The number of nitriles is 1. The maximum absolute atomic E-state index is 13.5. The largest absolute Gasteiger partial charge is 0.456 e. The van der Waals surface area contributed by atoms with Crippen molar-refractivity contribution in [2.45, 2.75) is 77.5 Å². The van der Waals surface area contributed by atoms with Crippen LogP contribution in [-0.2, 0) is 29.0 Å². The Hall–Kier alpha value is -4.28. The van der Waals surface area contributed by atoms with Crippen molar-refractivity contribution in [3.05, 3.63) is 82.4 Å². The summed E-state index contributed by atoms with van der Waals surface area (Å²) in [5.74, 6) is -1.67. The summed E-state index contributed by atoms with van der Waals surface area (Å²) in [6.45, 7) is 9.71. The number of nitrogens with one attached hydrogen (secondary N) is 3. The van der Waals surface area contributed by atoms with Gasteiger partial charge in [-0.05, 0) is 83.0 Å². The fraction of sp³-hybridized carbons (Fsp3) is 0.425. The highest BCUT2D eigenvalue weighted by molar-refractivity contribution is 7.44. The third-order valence-corrected chi connectivity index (χ3v) is 11.7. The first-order valence-electron chi connectivity index (χ1n) is 18.5. The number of fused-ring (bicyclic) bond motifs is 6. The van der Waals surface area contributed by atoms with Gasteiger partial charge < -0.3 is 34.5 Å². The Morgan fingerprint density at radius 2 is 1.41 bits per heavy atom. The van der Waals surface area contributed by atoms with Gasteiger partial charge in [0.1, 0.15) is 23.3 Å². The summed E-state index contributed by atoms with van der Waals surface area (Å²) < 4.78 is 26.9. The molecule has 2 heterocycles. The average molecular weight is 827 g/mol. The molecule has 0 aliphatic carbocycles. The molecule has 0 radical (unpaired) electrons. The molecular weight excluding hydrogens is 780 g/mol. The molecule has 0 bridgehead atoms. The predicted molar refractivity (Wildman–Crippen MR) is 215 cm³/mol. The SMILES string of the molecule is CC(C)N(C(C)C)P(OCCC#N)OCCCCCCNC(=O)c1ccc2c(c1)C1(OC2=O)c2ccc(NC(=O)CCl)cc2Oc2cc(NC(=O)CCl)ccc21. The molecule has 0 fully saturated rings. The van der Waals surface area contributed by atoms with Crippen molar-refractivity contribution in [1.82, 2.24) is 9.99 Å². The molecular formula is C40H46Cl2N5O8P. The molecule has 0 aromatic heterocycles. The quantitative estimate of drug-likeness (QED) is 0.0464. The smallest absolute Gasteiger partial charge is 0.340 e. The van der Waals surface area contributed by atoms with Gasteiger partial charge in [-0.25, -0.2) is 9.46 Å². The van der Waals surface area contributed by atoms with Crippen LogP contribution in [0.3, 0.4) is 0 Å². The van der Waals surface area contributed by atoms with Gasteiger partial charge in [-0.15, -0.1) is 23.2 Å². The van der Waals surface area contributed by atoms with Crippen molar-refractivity contribution in [2.24, 2.45) is 0 Å². The topological polar surface area (TPSA) is 168 Å². The standard InChI is InChI=1S/C40H46Cl2N5O8P/c1-25(2)47(26(3)4)56(53-19-9-16-43)52-18-8-6-5-7-17-44-38(50)27-10-13-30-33(20-27)40(55-39(30)51)31-14-11-28(45-36(48)23-41)21-34(31)54-35-22-29(12-15-32(35)40)46-37(49)24-42/h10-15,20-22,25-26H,5-9,17-19,23-24H2,1-4H3,(H,44,50)(H,45,48)(H,46,49). The van der Waals surface area contributed by atoms with E-state index in [4.69, 9.17) is 47.0 Å². The van der Waals surface area contributed by atoms with Crippen molar-refractivity contribution in [3.8, 4) is 17.6 Å². The number of unbranched alkanes of at least 4 members (excludes halogenated alkanes) is 3. The average Bonchev–Trinajstić information content (AvgIpc) is 3.46. The van der Waals surface area contributed by atoms with Crippen molar-refractivity contribution in [3.63, 3.8) is 0 Å². The minimum absolute atomic E-state index is 0.231. The Morgan fingerprint density at radius 1 is 0.821 bits per heavy atom. The molecule has 56 heavy (non-hydrogen) atoms. The first kappa shape index (κ1) is 42.9. The lowest BCUT2D eigenvalue weighted by Gasteiger charge is -2.37. The summed E-state index contributed by atoms with van der Waals surface area (Å²) in [5, 5.41) is 17.3. The predicted octanol–water partition coefficient (Wildman–Crippen LogP) is 8.19. The van der Waals surface area contributed by atoms with Gasteiger partial charge in [-0.2, -0.15) is 5.26 Å². The molecule has 0 saturated carbocycles. The van der Waals surface area contributed by atoms with Crippen molar-refractivity contribution < 1.29 is 37.7 Å². The van der Waals surface area contributed by atoms with E-state index in [1.54, 1.807) is 54.6 Å². The van der Waals surface area contributed by atoms with Gasteiger partial charge in [-0.3, -0.25) is 14.4 Å². The van der Waals surface area contributed by atoms with Gasteiger partial charge in [0.15, 0.2) is 5.60 Å². The zero-order valence-corrected chi connectivity index (χ0v) is 34.2. The molecule has 13 nitrogen and oxygen atoms in total. The number of alkyl halides is 2. The lowest BCUT2D eigenvalue weighted by molar-refractivity contribution is -0.114. The van der Waals surface area contributed by atoms with E-state index in [9.17, 15) is 19.2 Å². The van der Waals surface area contributed by atoms with Crippen LogP contribution in [0.15, 0.2) is 54.6 Å². The maximum Gasteiger partial charge on any atom is 0.340 e. The Kier molecular flexibility index (Phi) is 15.1. The molecule has 3 aromatic carbocycles. The summed E-state index contributed by atoms with van der Waals surface area (Å²) in [6, 6.07) is 17.3. The van der Waals surface area contributed by atoms with Crippen LogP contribution in [-0.4, -0.2) is 72.0 Å². The molecule has 1 spiro atoms. The van der Waals surface area contributed by atoms with Crippen molar-refractivity contribution in [2.75, 3.05) is 42.2 Å². The fourth-order valence-corrected chi connectivity index (χ4v) is 8.51. The normalized spacial score (nSPS) is 14.0. The lowest BCUT2D eigenvalue weighted by Crippen LogP contribution is -2.33. The van der Waals surface area contributed by atoms with E-state index in [2.05, 4.69) is 54.4 Å². The number of hydrogen-bond acceptors (Lipinski definition) is 10. The molecule has 16 heteroatoms. The number of halogens is 2. The van der Waals surface area contributed by atoms with Crippen LogP contribution >= 0.6 is 31.7 Å². The summed E-state index contributed by atoms with van der Waals surface area (Å²) >= 11 is 11.4. The van der Waals surface area contributed by atoms with E-state index in [1.807, 2.05) is 0 Å². The van der Waals surface area contributed by atoms with E-state index >= 15 is 0 Å². The number of ether oxygens (including phenoxy) is 2. The summed E-state index contributed by atoms with van der Waals surface area (Å²) in [4.78, 5) is 51.2. The van der Waals surface area contributed by atoms with Crippen LogP contribution in [0.2, 0.25) is 0 Å². The molecule has 3 aromatic rings. The molecule has 298 valence electrons. The Bertz CT molecular complexity index is 1900. The summed E-state index contributed by atoms with van der Waals surface area (Å²) in [5.41, 5.74) is 1.31. The van der Waals surface area contributed by atoms with Gasteiger partial charge >= 0.3 is 5.97 Å². The second-order valence-corrected chi connectivity index (χ2v) is 15.8. The molecule has 2 aliphatic heterocycles. The van der Waals surface area contributed by atoms with Gasteiger partial charge in [0.25, 0.3) is 14.4 Å². The molecule has 5 rings (SSSR count). The van der Waals surface area contributed by atoms with Crippen LogP contribution < -0.4 is 20.7 Å². The zero-order valence-electron chi connectivity index (χ0n) is 31.8. The van der Waals surface area contributed by atoms with E-state index < -0.39 is 31.9 Å². The van der Waals surface area contributed by atoms with Crippen LogP contribution in [0.5, 0.6) is 11.5 Å². The number of anilines is 2. The molecule has 3 N–H and O–H groups in total. The van der Waals surface area contributed by atoms with Crippen LogP contribution in [0.1, 0.15) is 97.2 Å². The maximum atomic E-state index is 13.5. The minimum Gasteiger partial charge on any atom is -0.456 e. The molecule has 3 amide bonds. The molecule has 0 saturated heterocycles. The van der Waals surface area contributed by atoms with E-state index in [0.717, 1.165) is 25.7 Å². The second-order valence-electron chi connectivity index (χ2n) is 13.8. The Balaban J connectivity index is 1.28. The third-order valence-electron chi connectivity index (χ3n) is 9.10. The van der Waals surface area contributed by atoms with Crippen LogP contribution in [0, 0.1) is 11.3 Å². The Labute approximate surface area is 338 Å². The monoisotopic (exact) mass is 825 g/mol. The number of esters is 1. The Morgan fingerprint density at radius 3 is 1.98 bits per heavy atom.